The summed E-state index contributed by atoms with van der Waals surface area (Å²) in [6.07, 6.45) is 5.64. The topological polar surface area (TPSA) is 55.4 Å². The van der Waals surface area contributed by atoms with Gasteiger partial charge in [-0.2, -0.15) is 0 Å². The number of hydrogen-bond donors (Lipinski definition) is 1. The van der Waals surface area contributed by atoms with Gasteiger partial charge in [-0.1, -0.05) is 13.3 Å². The third-order valence-electron chi connectivity index (χ3n) is 3.94. The summed E-state index contributed by atoms with van der Waals surface area (Å²) >= 11 is 0. The van der Waals surface area contributed by atoms with Crippen molar-refractivity contribution in [3.8, 4) is 0 Å². The molecule has 0 aliphatic carbocycles. The molecule has 1 fully saturated rings. The third-order valence-corrected chi connectivity index (χ3v) is 3.94. The molecule has 0 aromatic carbocycles. The van der Waals surface area contributed by atoms with E-state index in [2.05, 4.69) is 12.2 Å². The lowest BCUT2D eigenvalue weighted by molar-refractivity contribution is -0.127. The van der Waals surface area contributed by atoms with Gasteiger partial charge in [-0.05, 0) is 30.7 Å². The molecular formula is C16H19NO3. The van der Waals surface area contributed by atoms with Crippen molar-refractivity contribution < 1.29 is 13.6 Å². The van der Waals surface area contributed by atoms with Crippen molar-refractivity contribution in [2.24, 2.45) is 5.92 Å². The predicted molar refractivity (Wildman–Crippen MR) is 74.1 cm³/mol. The minimum Gasteiger partial charge on any atom is -0.468 e. The van der Waals surface area contributed by atoms with Crippen molar-refractivity contribution in [2.75, 3.05) is 0 Å². The average molecular weight is 273 g/mol. The Labute approximate surface area is 118 Å². The molecule has 0 radical (unpaired) electrons. The smallest absolute Gasteiger partial charge is 0.140 e. The molecule has 3 heterocycles. The minimum atomic E-state index is -0.0688. The maximum atomic E-state index is 12.5. The summed E-state index contributed by atoms with van der Waals surface area (Å²) in [7, 11) is 0. The van der Waals surface area contributed by atoms with Gasteiger partial charge in [0.2, 0.25) is 0 Å². The Bertz CT molecular complexity index is 544. The molecule has 1 saturated heterocycles. The second-order valence-corrected chi connectivity index (χ2v) is 5.29. The number of Topliss-reactive ketones (excluding diaryl/α,β-unsaturated/α-hetero) is 1. The summed E-state index contributed by atoms with van der Waals surface area (Å²) in [6.45, 7) is 2.10. The SMILES string of the molecule is CCC[C@H]1C(=O)C[C@H](c2ccco2)N[C@@H]1c1ccco1. The number of furan rings is 2. The van der Waals surface area contributed by atoms with Crippen LogP contribution >= 0.6 is 0 Å². The molecule has 3 atom stereocenters. The maximum absolute atomic E-state index is 12.5. The standard InChI is InChI=1S/C16H19NO3/c1-2-5-11-13(18)10-12(14-6-3-8-19-14)17-16(11)15-7-4-9-20-15/h3-4,6-9,11-12,16-17H,2,5,10H2,1H3/t11-,12+,16-/m0/s1. The molecule has 0 saturated carbocycles. The fourth-order valence-corrected chi connectivity index (χ4v) is 2.99. The van der Waals surface area contributed by atoms with Crippen LogP contribution in [-0.2, 0) is 4.79 Å². The Morgan fingerprint density at radius 1 is 1.20 bits per heavy atom. The summed E-state index contributed by atoms with van der Waals surface area (Å²) in [4.78, 5) is 12.5. The second kappa shape index (κ2) is 5.67. The molecule has 0 spiro atoms. The zero-order valence-electron chi connectivity index (χ0n) is 11.5. The average Bonchev–Trinajstić information content (AvgIpc) is 3.14. The van der Waals surface area contributed by atoms with Crippen molar-refractivity contribution in [1.82, 2.24) is 5.32 Å². The first-order valence-corrected chi connectivity index (χ1v) is 7.15. The lowest BCUT2D eigenvalue weighted by Crippen LogP contribution is -2.42. The highest BCUT2D eigenvalue weighted by Crippen LogP contribution is 2.37. The summed E-state index contributed by atoms with van der Waals surface area (Å²) in [5.74, 6) is 1.91. The van der Waals surface area contributed by atoms with Gasteiger partial charge >= 0.3 is 0 Å². The lowest BCUT2D eigenvalue weighted by Gasteiger charge is -2.34. The van der Waals surface area contributed by atoms with E-state index in [0.29, 0.717) is 6.42 Å². The number of rotatable bonds is 4. The maximum Gasteiger partial charge on any atom is 0.140 e. The number of nitrogens with one attached hydrogen (secondary N) is 1. The molecule has 1 N–H and O–H groups in total. The van der Waals surface area contributed by atoms with Gasteiger partial charge in [0.25, 0.3) is 0 Å². The van der Waals surface area contributed by atoms with Gasteiger partial charge in [0.05, 0.1) is 24.6 Å². The second-order valence-electron chi connectivity index (χ2n) is 5.29. The monoisotopic (exact) mass is 273 g/mol. The quantitative estimate of drug-likeness (QED) is 0.924. The van der Waals surface area contributed by atoms with Crippen LogP contribution in [0.1, 0.15) is 49.8 Å². The van der Waals surface area contributed by atoms with E-state index in [9.17, 15) is 4.79 Å². The molecule has 106 valence electrons. The Morgan fingerprint density at radius 2 is 1.90 bits per heavy atom. The molecule has 1 aliphatic heterocycles. The van der Waals surface area contributed by atoms with Crippen LogP contribution in [0.5, 0.6) is 0 Å². The molecule has 2 aromatic rings. The Balaban J connectivity index is 1.87. The zero-order valence-corrected chi connectivity index (χ0v) is 11.5. The van der Waals surface area contributed by atoms with E-state index in [1.807, 2.05) is 24.3 Å². The van der Waals surface area contributed by atoms with Crippen LogP contribution in [0.3, 0.4) is 0 Å². The molecule has 2 aromatic heterocycles. The highest BCUT2D eigenvalue weighted by atomic mass is 16.3. The summed E-state index contributed by atoms with van der Waals surface area (Å²) in [5.41, 5.74) is 0. The van der Waals surface area contributed by atoms with Crippen molar-refractivity contribution in [1.29, 1.82) is 0 Å². The van der Waals surface area contributed by atoms with Crippen molar-refractivity contribution in [2.45, 2.75) is 38.3 Å². The Kier molecular flexibility index (Phi) is 3.74. The Morgan fingerprint density at radius 3 is 2.50 bits per heavy atom. The predicted octanol–water partition coefficient (Wildman–Crippen LogP) is 3.63. The molecule has 0 unspecified atom stereocenters. The van der Waals surface area contributed by atoms with Gasteiger partial charge < -0.3 is 8.83 Å². The fourth-order valence-electron chi connectivity index (χ4n) is 2.99. The molecule has 20 heavy (non-hydrogen) atoms. The van der Waals surface area contributed by atoms with Gasteiger partial charge in [-0.3, -0.25) is 10.1 Å². The number of piperidine rings is 1. The van der Waals surface area contributed by atoms with E-state index in [4.69, 9.17) is 8.83 Å². The van der Waals surface area contributed by atoms with Crippen molar-refractivity contribution in [3.05, 3.63) is 48.3 Å². The molecular weight excluding hydrogens is 254 g/mol. The molecule has 4 nitrogen and oxygen atoms in total. The highest BCUT2D eigenvalue weighted by Gasteiger charge is 2.39. The van der Waals surface area contributed by atoms with Gasteiger partial charge in [-0.15, -0.1) is 0 Å². The van der Waals surface area contributed by atoms with Crippen LogP contribution in [-0.4, -0.2) is 5.78 Å². The van der Waals surface area contributed by atoms with Crippen LogP contribution in [0, 0.1) is 5.92 Å². The van der Waals surface area contributed by atoms with Gasteiger partial charge in [0.15, 0.2) is 0 Å². The third kappa shape index (κ3) is 2.43. The summed E-state index contributed by atoms with van der Waals surface area (Å²) in [5, 5.41) is 3.52. The summed E-state index contributed by atoms with van der Waals surface area (Å²) < 4.78 is 11.0. The number of carbonyl (C=O) groups excluding carboxylic acids is 1. The minimum absolute atomic E-state index is 0.0163. The molecule has 0 bridgehead atoms. The van der Waals surface area contributed by atoms with E-state index in [1.165, 1.54) is 0 Å². The van der Waals surface area contributed by atoms with Crippen LogP contribution < -0.4 is 5.32 Å². The number of carbonyl (C=O) groups is 1. The van der Waals surface area contributed by atoms with Crippen LogP contribution in [0.2, 0.25) is 0 Å². The van der Waals surface area contributed by atoms with Crippen LogP contribution in [0.25, 0.3) is 0 Å². The van der Waals surface area contributed by atoms with Crippen LogP contribution in [0.15, 0.2) is 45.6 Å². The van der Waals surface area contributed by atoms with Gasteiger partial charge in [-0.25, -0.2) is 0 Å². The normalized spacial score (nSPS) is 26.9. The molecule has 1 aliphatic rings. The first kappa shape index (κ1) is 13.2. The highest BCUT2D eigenvalue weighted by molar-refractivity contribution is 5.83. The van der Waals surface area contributed by atoms with E-state index in [-0.39, 0.29) is 23.8 Å². The molecule has 3 rings (SSSR count). The first-order chi connectivity index (χ1) is 9.79. The van der Waals surface area contributed by atoms with E-state index in [1.54, 1.807) is 12.5 Å². The van der Waals surface area contributed by atoms with Crippen LogP contribution in [0.4, 0.5) is 0 Å². The summed E-state index contributed by atoms with van der Waals surface area (Å²) in [6, 6.07) is 7.41. The fraction of sp³-hybridized carbons (Fsp3) is 0.438. The first-order valence-electron chi connectivity index (χ1n) is 7.15. The Hall–Kier alpha value is -1.81. The van der Waals surface area contributed by atoms with Gasteiger partial charge in [0, 0.05) is 12.3 Å². The number of ketones is 1. The molecule has 0 amide bonds. The largest absolute Gasteiger partial charge is 0.468 e. The van der Waals surface area contributed by atoms with E-state index >= 15 is 0 Å². The number of hydrogen-bond acceptors (Lipinski definition) is 4. The van der Waals surface area contributed by atoms with E-state index in [0.717, 1.165) is 24.4 Å². The van der Waals surface area contributed by atoms with Crippen molar-refractivity contribution >= 4 is 5.78 Å². The zero-order chi connectivity index (χ0) is 13.9. The van der Waals surface area contributed by atoms with Crippen molar-refractivity contribution in [3.63, 3.8) is 0 Å². The molecule has 4 heteroatoms. The van der Waals surface area contributed by atoms with Gasteiger partial charge in [0.1, 0.15) is 17.3 Å². The van der Waals surface area contributed by atoms with E-state index < -0.39 is 0 Å². The lowest BCUT2D eigenvalue weighted by atomic mass is 9.81.